The predicted molar refractivity (Wildman–Crippen MR) is 69.1 cm³/mol. The number of nitrogens with one attached hydrogen (secondary N) is 2. The van der Waals surface area contributed by atoms with Gasteiger partial charge >= 0.3 is 12.0 Å². The third kappa shape index (κ3) is 6.90. The first-order valence-electron chi connectivity index (χ1n) is 6.14. The van der Waals surface area contributed by atoms with Crippen LogP contribution in [0.25, 0.3) is 0 Å². The molecular formula is C11H18N2O5S. The largest absolute Gasteiger partial charge is 0.481 e. The zero-order chi connectivity index (χ0) is 14.3. The standard InChI is InChI=1S/C11H18N2O5S/c14-9(2-1-3-10(15)16)13-11(17)12-8-4-6-19(18)7-5-8/h8H,1-7H2,(H,15,16)(H2,12,13,14,17). The highest BCUT2D eigenvalue weighted by Crippen LogP contribution is 2.08. The van der Waals surface area contributed by atoms with Gasteiger partial charge in [-0.1, -0.05) is 0 Å². The van der Waals surface area contributed by atoms with E-state index in [-0.39, 0.29) is 25.3 Å². The summed E-state index contributed by atoms with van der Waals surface area (Å²) in [7, 11) is -0.790. The smallest absolute Gasteiger partial charge is 0.321 e. The van der Waals surface area contributed by atoms with Gasteiger partial charge in [0, 0.05) is 41.2 Å². The number of hydrogen-bond acceptors (Lipinski definition) is 4. The zero-order valence-electron chi connectivity index (χ0n) is 10.5. The topological polar surface area (TPSA) is 113 Å². The van der Waals surface area contributed by atoms with Gasteiger partial charge in [0.15, 0.2) is 0 Å². The SMILES string of the molecule is O=C(O)CCCC(=O)NC(=O)NC1CCS(=O)CC1. The number of hydrogen-bond donors (Lipinski definition) is 3. The fourth-order valence-corrected chi connectivity index (χ4v) is 3.05. The maximum Gasteiger partial charge on any atom is 0.321 e. The average molecular weight is 290 g/mol. The summed E-state index contributed by atoms with van der Waals surface area (Å²) in [5.74, 6) is -0.319. The Balaban J connectivity index is 2.17. The van der Waals surface area contributed by atoms with E-state index in [1.54, 1.807) is 0 Å². The molecule has 0 unspecified atom stereocenters. The minimum atomic E-state index is -0.965. The van der Waals surface area contributed by atoms with Crippen molar-refractivity contribution < 1.29 is 23.7 Å². The molecular weight excluding hydrogens is 272 g/mol. The van der Waals surface area contributed by atoms with Crippen molar-refractivity contribution in [3.63, 3.8) is 0 Å². The molecule has 1 aliphatic heterocycles. The lowest BCUT2D eigenvalue weighted by atomic mass is 10.1. The maximum atomic E-state index is 11.5. The van der Waals surface area contributed by atoms with E-state index in [1.807, 2.05) is 0 Å². The van der Waals surface area contributed by atoms with Crippen LogP contribution in [-0.4, -0.2) is 44.8 Å². The lowest BCUT2D eigenvalue weighted by Gasteiger charge is -2.22. The first-order valence-corrected chi connectivity index (χ1v) is 7.63. The van der Waals surface area contributed by atoms with Crippen molar-refractivity contribution in [2.24, 2.45) is 0 Å². The van der Waals surface area contributed by atoms with E-state index in [4.69, 9.17) is 5.11 Å². The zero-order valence-corrected chi connectivity index (χ0v) is 11.3. The van der Waals surface area contributed by atoms with Gasteiger partial charge in [0.2, 0.25) is 5.91 Å². The maximum absolute atomic E-state index is 11.5. The third-order valence-electron chi connectivity index (χ3n) is 2.77. The van der Waals surface area contributed by atoms with Crippen molar-refractivity contribution in [1.82, 2.24) is 10.6 Å². The Bertz CT molecular complexity index is 375. The number of carboxylic acids is 1. The Kier molecular flexibility index (Phi) is 6.48. The molecule has 0 spiro atoms. The Morgan fingerprint density at radius 3 is 2.37 bits per heavy atom. The number of amides is 3. The predicted octanol–water partition coefficient (Wildman–Crippen LogP) is -0.0218. The van der Waals surface area contributed by atoms with E-state index in [2.05, 4.69) is 10.6 Å². The molecule has 1 heterocycles. The Morgan fingerprint density at radius 1 is 1.16 bits per heavy atom. The summed E-state index contributed by atoms with van der Waals surface area (Å²) in [6.07, 6.45) is 1.41. The molecule has 0 aliphatic carbocycles. The molecule has 108 valence electrons. The molecule has 0 aromatic rings. The van der Waals surface area contributed by atoms with E-state index in [9.17, 15) is 18.6 Å². The van der Waals surface area contributed by atoms with Gasteiger partial charge in [-0.25, -0.2) is 4.79 Å². The van der Waals surface area contributed by atoms with Gasteiger partial charge in [0.25, 0.3) is 0 Å². The highest BCUT2D eigenvalue weighted by atomic mass is 32.2. The van der Waals surface area contributed by atoms with E-state index in [1.165, 1.54) is 0 Å². The van der Waals surface area contributed by atoms with Crippen LogP contribution < -0.4 is 10.6 Å². The molecule has 1 aliphatic rings. The van der Waals surface area contributed by atoms with E-state index < -0.39 is 28.7 Å². The fraction of sp³-hybridized carbons (Fsp3) is 0.727. The third-order valence-corrected chi connectivity index (χ3v) is 4.15. The van der Waals surface area contributed by atoms with Gasteiger partial charge in [-0.15, -0.1) is 0 Å². The molecule has 0 bridgehead atoms. The Labute approximate surface area is 113 Å². The lowest BCUT2D eigenvalue weighted by molar-refractivity contribution is -0.137. The van der Waals surface area contributed by atoms with Crippen LogP contribution >= 0.6 is 0 Å². The molecule has 0 aromatic carbocycles. The van der Waals surface area contributed by atoms with Gasteiger partial charge in [-0.3, -0.25) is 19.1 Å². The van der Waals surface area contributed by atoms with Gasteiger partial charge in [0.1, 0.15) is 0 Å². The first-order chi connectivity index (χ1) is 8.97. The fourth-order valence-electron chi connectivity index (χ4n) is 1.75. The number of carbonyl (C=O) groups excluding carboxylic acids is 2. The normalized spacial score (nSPS) is 22.5. The van der Waals surface area contributed by atoms with Gasteiger partial charge in [0.05, 0.1) is 0 Å². The molecule has 7 nitrogen and oxygen atoms in total. The molecule has 0 saturated carbocycles. The minimum absolute atomic E-state index is 0.00834. The highest BCUT2D eigenvalue weighted by molar-refractivity contribution is 7.85. The molecule has 3 amide bonds. The second-order valence-electron chi connectivity index (χ2n) is 4.39. The number of aliphatic carboxylic acids is 1. The van der Waals surface area contributed by atoms with E-state index >= 15 is 0 Å². The van der Waals surface area contributed by atoms with Crippen molar-refractivity contribution in [1.29, 1.82) is 0 Å². The number of carboxylic acid groups (broad SMARTS) is 1. The molecule has 0 aromatic heterocycles. The van der Waals surface area contributed by atoms with Gasteiger partial charge in [-0.05, 0) is 19.3 Å². The Morgan fingerprint density at radius 2 is 1.79 bits per heavy atom. The van der Waals surface area contributed by atoms with Crippen LogP contribution in [0.5, 0.6) is 0 Å². The van der Waals surface area contributed by atoms with Crippen LogP contribution in [0.3, 0.4) is 0 Å². The van der Waals surface area contributed by atoms with Crippen molar-refractivity contribution in [2.75, 3.05) is 11.5 Å². The minimum Gasteiger partial charge on any atom is -0.481 e. The van der Waals surface area contributed by atoms with Gasteiger partial charge in [-0.2, -0.15) is 0 Å². The average Bonchev–Trinajstić information content (AvgIpc) is 2.31. The second-order valence-corrected chi connectivity index (χ2v) is 6.09. The van der Waals surface area contributed by atoms with Crippen LogP contribution in [0.2, 0.25) is 0 Å². The molecule has 0 radical (unpaired) electrons. The van der Waals surface area contributed by atoms with Crippen LogP contribution in [0.4, 0.5) is 4.79 Å². The number of urea groups is 1. The molecule has 3 N–H and O–H groups in total. The van der Waals surface area contributed by atoms with E-state index in [0.29, 0.717) is 24.3 Å². The summed E-state index contributed by atoms with van der Waals surface area (Å²) < 4.78 is 11.1. The van der Waals surface area contributed by atoms with Crippen molar-refractivity contribution in [3.05, 3.63) is 0 Å². The van der Waals surface area contributed by atoms with Crippen molar-refractivity contribution in [2.45, 2.75) is 38.1 Å². The lowest BCUT2D eigenvalue weighted by Crippen LogP contribution is -2.46. The highest BCUT2D eigenvalue weighted by Gasteiger charge is 2.20. The van der Waals surface area contributed by atoms with Gasteiger partial charge < -0.3 is 10.4 Å². The molecule has 0 atom stereocenters. The summed E-state index contributed by atoms with van der Waals surface area (Å²) in [5, 5.41) is 13.2. The summed E-state index contributed by atoms with van der Waals surface area (Å²) in [6, 6.07) is -0.623. The van der Waals surface area contributed by atoms with Crippen LogP contribution in [0.1, 0.15) is 32.1 Å². The number of carbonyl (C=O) groups is 3. The summed E-state index contributed by atoms with van der Waals surface area (Å²) in [5.41, 5.74) is 0. The summed E-state index contributed by atoms with van der Waals surface area (Å²) in [4.78, 5) is 33.0. The van der Waals surface area contributed by atoms with Crippen LogP contribution in [-0.2, 0) is 20.4 Å². The molecule has 1 saturated heterocycles. The van der Waals surface area contributed by atoms with Crippen molar-refractivity contribution >= 4 is 28.7 Å². The molecule has 8 heteroatoms. The monoisotopic (exact) mass is 290 g/mol. The molecule has 1 fully saturated rings. The second kappa shape index (κ2) is 7.88. The molecule has 19 heavy (non-hydrogen) atoms. The van der Waals surface area contributed by atoms with E-state index in [0.717, 1.165) is 0 Å². The first kappa shape index (κ1) is 15.6. The van der Waals surface area contributed by atoms with Crippen molar-refractivity contribution in [3.8, 4) is 0 Å². The number of rotatable bonds is 5. The number of imide groups is 1. The Hall–Kier alpha value is -1.44. The molecule has 1 rings (SSSR count). The van der Waals surface area contributed by atoms with Crippen LogP contribution in [0, 0.1) is 0 Å². The summed E-state index contributed by atoms with van der Waals surface area (Å²) >= 11 is 0. The van der Waals surface area contributed by atoms with Crippen LogP contribution in [0.15, 0.2) is 0 Å². The summed E-state index contributed by atoms with van der Waals surface area (Å²) in [6.45, 7) is 0. The quantitative estimate of drug-likeness (QED) is 0.658.